The van der Waals surface area contributed by atoms with E-state index < -0.39 is 54.9 Å². The highest BCUT2D eigenvalue weighted by Gasteiger charge is 2.56. The van der Waals surface area contributed by atoms with E-state index in [1.165, 1.54) is 24.3 Å². The molecule has 3 aliphatic heterocycles. The smallest absolute Gasteiger partial charge is 0.340 e. The molecule has 2 saturated heterocycles. The maximum absolute atomic E-state index is 17.1. The molecule has 13 aromatic carbocycles. The number of rotatable bonds is 30. The van der Waals surface area contributed by atoms with Crippen molar-refractivity contribution in [3.8, 4) is 62.9 Å². The van der Waals surface area contributed by atoms with Gasteiger partial charge in [-0.05, 0) is 74.3 Å². The zero-order valence-corrected chi connectivity index (χ0v) is 62.6. The van der Waals surface area contributed by atoms with E-state index in [2.05, 4.69) is 0 Å². The van der Waals surface area contributed by atoms with Crippen LogP contribution in [0.4, 0.5) is 0 Å². The van der Waals surface area contributed by atoms with Crippen molar-refractivity contribution in [1.82, 2.24) is 0 Å². The highest BCUT2D eigenvalue weighted by atomic mass is 16.8. The fourth-order valence-electron chi connectivity index (χ4n) is 13.7. The first-order valence-electron chi connectivity index (χ1n) is 38.0. The van der Waals surface area contributed by atoms with Crippen LogP contribution in [0.2, 0.25) is 0 Å². The van der Waals surface area contributed by atoms with Crippen molar-refractivity contribution >= 4 is 17.9 Å². The molecule has 3 heterocycles. The Morgan fingerprint density at radius 3 is 0.904 bits per heavy atom. The van der Waals surface area contributed by atoms with Gasteiger partial charge in [0, 0.05) is 16.7 Å². The predicted molar refractivity (Wildman–Crippen MR) is 428 cm³/mol. The van der Waals surface area contributed by atoms with Crippen LogP contribution >= 0.6 is 0 Å². The number of esters is 3. The van der Waals surface area contributed by atoms with Gasteiger partial charge < -0.3 is 71.1 Å². The number of benzene rings is 13. The Morgan fingerprint density at radius 2 is 0.574 bits per heavy atom. The molecule has 0 aromatic heterocycles. The van der Waals surface area contributed by atoms with Crippen molar-refractivity contribution in [2.75, 3.05) is 6.61 Å². The lowest BCUT2D eigenvalue weighted by Gasteiger charge is -2.48. The van der Waals surface area contributed by atoms with Gasteiger partial charge in [-0.1, -0.05) is 303 Å². The van der Waals surface area contributed by atoms with Gasteiger partial charge >= 0.3 is 17.9 Å². The number of hydrogen-bond acceptors (Lipinski definition) is 18. The zero-order valence-electron chi connectivity index (χ0n) is 62.6. The van der Waals surface area contributed by atoms with E-state index >= 15 is 14.4 Å². The normalized spacial score (nSPS) is 16.7. The zero-order chi connectivity index (χ0) is 77.9. The third-order valence-electron chi connectivity index (χ3n) is 19.5. The molecule has 2 fully saturated rings. The van der Waals surface area contributed by atoms with Crippen LogP contribution < -0.4 is 42.6 Å². The largest absolute Gasteiger partial charge is 0.485 e. The molecule has 18 heteroatoms. The average Bonchev–Trinajstić information content (AvgIpc) is 0.727. The Kier molecular flexibility index (Phi) is 24.0. The number of fused-ring (bicyclic) bond motifs is 6. The number of hydrogen-bond donors (Lipinski definition) is 0. The molecule has 3 aliphatic rings. The van der Waals surface area contributed by atoms with E-state index in [0.29, 0.717) is 11.1 Å². The van der Waals surface area contributed by atoms with Gasteiger partial charge in [0.15, 0.2) is 46.9 Å². The maximum Gasteiger partial charge on any atom is 0.340 e. The van der Waals surface area contributed by atoms with Gasteiger partial charge in [-0.2, -0.15) is 0 Å². The molecule has 0 saturated carbocycles. The monoisotopic (exact) mass is 1530 g/mol. The molecule has 576 valence electrons. The summed E-state index contributed by atoms with van der Waals surface area (Å²) in [5.74, 6) is -2.67. The first-order valence-corrected chi connectivity index (χ1v) is 38.0. The van der Waals surface area contributed by atoms with Crippen molar-refractivity contribution < 1.29 is 85.4 Å². The molecule has 0 radical (unpaired) electrons. The molecular formula is C97H80O18. The van der Waals surface area contributed by atoms with Crippen LogP contribution in [0.25, 0.3) is 11.1 Å². The summed E-state index contributed by atoms with van der Waals surface area (Å²) in [7, 11) is 0. The fraction of sp³-hybridized carbons (Fsp3) is 0.165. The molecule has 0 N–H and O–H groups in total. The van der Waals surface area contributed by atoms with Crippen LogP contribution in [0.15, 0.2) is 328 Å². The topological polar surface area (TPSA) is 190 Å². The first kappa shape index (κ1) is 75.4. The van der Waals surface area contributed by atoms with Gasteiger partial charge in [0.05, 0.1) is 23.3 Å². The first-order chi connectivity index (χ1) is 56.7. The van der Waals surface area contributed by atoms with Gasteiger partial charge in [-0.3, -0.25) is 0 Å². The molecule has 16 rings (SSSR count). The molecule has 13 aromatic rings. The third-order valence-corrected chi connectivity index (χ3v) is 19.5. The molecule has 0 bridgehead atoms. The molecule has 6 atom stereocenters. The van der Waals surface area contributed by atoms with Crippen LogP contribution in [-0.4, -0.2) is 55.2 Å². The van der Waals surface area contributed by atoms with Gasteiger partial charge in [-0.15, -0.1) is 0 Å². The molecule has 18 nitrogen and oxygen atoms in total. The van der Waals surface area contributed by atoms with Crippen molar-refractivity contribution in [2.45, 2.75) is 96.5 Å². The van der Waals surface area contributed by atoms with Crippen LogP contribution in [0, 0.1) is 0 Å². The Labute approximate surface area is 665 Å². The minimum atomic E-state index is -1.92. The van der Waals surface area contributed by atoms with E-state index in [1.807, 2.05) is 303 Å². The van der Waals surface area contributed by atoms with Crippen molar-refractivity contribution in [3.05, 3.63) is 400 Å². The Bertz CT molecular complexity index is 5320. The summed E-state index contributed by atoms with van der Waals surface area (Å²) in [5, 5.41) is 0. The van der Waals surface area contributed by atoms with E-state index in [0.717, 1.165) is 44.5 Å². The van der Waals surface area contributed by atoms with Crippen molar-refractivity contribution in [2.24, 2.45) is 0 Å². The summed E-state index contributed by atoms with van der Waals surface area (Å²) in [4.78, 5) is 50.1. The quantitative estimate of drug-likeness (QED) is 0.0305. The van der Waals surface area contributed by atoms with Crippen molar-refractivity contribution in [3.63, 3.8) is 0 Å². The second-order valence-electron chi connectivity index (χ2n) is 27.5. The van der Waals surface area contributed by atoms with Crippen molar-refractivity contribution in [1.29, 1.82) is 0 Å². The highest BCUT2D eigenvalue weighted by molar-refractivity contribution is 6.09. The SMILES string of the molecule is O=C(OC1OC2COC(c3ccccc3)OC2[C@@H]2OC(=O)c3cc(OCc4ccccc4)c(OCc4ccccc4)c(OCc4ccccc4)c3-c3c(cc(OCc4ccccc4)c(OCc4ccccc4)c3OCc3ccccc3)C(=O)OC12)c1cc(OCc2ccccc2)c(OCc2ccccc2)c(OCc2ccccc2)c1. The summed E-state index contributed by atoms with van der Waals surface area (Å²) < 4.78 is 104. The standard InChI is InChI=1S/C97H80O18/c98-93(75-51-78(101-55-65-31-11-1-12-32-65)85(105-59-69-39-19-5-20-40-69)79(52-75)102-56-66-33-13-2-14-34-66)115-97-92-91(88-82(111-97)64-110-96(114-88)74-49-29-10-30-50-74)112-94(99)76-53-80(103-57-67-35-15-3-16-36-67)86(106-60-70-41-21-6-22-42-70)89(108-62-72-45-25-8-26-46-72)83(76)84-77(95(100)113-92)54-81(104-58-68-37-17-4-18-38-68)87(107-61-71-43-23-7-24-44-71)90(84)109-63-73-47-27-9-28-48-73/h1-54,82,88,91-92,96-97H,55-64H2/t82?,88?,91-,92?,96?,97?/m0/s1. The second kappa shape index (κ2) is 36.7. The molecule has 115 heavy (non-hydrogen) atoms. The molecule has 5 unspecified atom stereocenters. The van der Waals surface area contributed by atoms with E-state index in [-0.39, 0.29) is 146 Å². The van der Waals surface area contributed by atoms with Crippen LogP contribution in [0.3, 0.4) is 0 Å². The maximum atomic E-state index is 17.1. The summed E-state index contributed by atoms with van der Waals surface area (Å²) >= 11 is 0. The number of carbonyl (C=O) groups is 3. The van der Waals surface area contributed by atoms with E-state index in [1.54, 1.807) is 0 Å². The lowest BCUT2D eigenvalue weighted by molar-refractivity contribution is -0.351. The third kappa shape index (κ3) is 18.6. The summed E-state index contributed by atoms with van der Waals surface area (Å²) in [6.07, 6.45) is -9.10. The Morgan fingerprint density at radius 1 is 0.296 bits per heavy atom. The predicted octanol–water partition coefficient (Wildman–Crippen LogP) is 19.3. The lowest BCUT2D eigenvalue weighted by atomic mass is 9.90. The van der Waals surface area contributed by atoms with Crippen LogP contribution in [0.5, 0.6) is 51.7 Å². The van der Waals surface area contributed by atoms with Gasteiger partial charge in [-0.25, -0.2) is 14.4 Å². The molecule has 0 aliphatic carbocycles. The summed E-state index contributed by atoms with van der Waals surface area (Å²) in [5.41, 5.74) is 6.92. The highest BCUT2D eigenvalue weighted by Crippen LogP contribution is 2.57. The summed E-state index contributed by atoms with van der Waals surface area (Å²) in [6, 6.07) is 101. The van der Waals surface area contributed by atoms with E-state index in [9.17, 15) is 0 Å². The minimum absolute atomic E-state index is 0.0237. The van der Waals surface area contributed by atoms with Gasteiger partial charge in [0.2, 0.25) is 29.6 Å². The van der Waals surface area contributed by atoms with Crippen LogP contribution in [0.1, 0.15) is 93.0 Å². The molecule has 0 spiro atoms. The lowest BCUT2D eigenvalue weighted by Crippen LogP contribution is -2.64. The fourth-order valence-corrected chi connectivity index (χ4v) is 13.7. The van der Waals surface area contributed by atoms with Gasteiger partial charge in [0.1, 0.15) is 71.7 Å². The number of carbonyl (C=O) groups excluding carboxylic acids is 3. The second-order valence-corrected chi connectivity index (χ2v) is 27.5. The number of ether oxygens (including phenoxy) is 15. The Balaban J connectivity index is 0.908. The van der Waals surface area contributed by atoms with Gasteiger partial charge in [0.25, 0.3) is 0 Å². The van der Waals surface area contributed by atoms with Crippen LogP contribution in [-0.2, 0) is 87.9 Å². The Hall–Kier alpha value is -13.7. The minimum Gasteiger partial charge on any atom is -0.485 e. The molecule has 0 amide bonds. The summed E-state index contributed by atoms with van der Waals surface area (Å²) in [6.45, 7) is -0.425. The van der Waals surface area contributed by atoms with E-state index in [4.69, 9.17) is 71.1 Å². The average molecular weight is 1530 g/mol. The molecular weight excluding hydrogens is 1450 g/mol.